The van der Waals surface area contributed by atoms with Crippen molar-refractivity contribution in [2.75, 3.05) is 18.6 Å². The molecule has 0 saturated carbocycles. The normalized spacial score (nSPS) is 15.4. The second kappa shape index (κ2) is 8.90. The van der Waals surface area contributed by atoms with Crippen molar-refractivity contribution in [1.29, 1.82) is 0 Å². The van der Waals surface area contributed by atoms with Crippen LogP contribution in [0.3, 0.4) is 0 Å². The predicted molar refractivity (Wildman–Crippen MR) is 116 cm³/mol. The van der Waals surface area contributed by atoms with Crippen LogP contribution in [-0.4, -0.2) is 47.6 Å². The van der Waals surface area contributed by atoms with Crippen LogP contribution < -0.4 is 26.2 Å². The molecule has 1 aromatic heterocycles. The van der Waals surface area contributed by atoms with Crippen LogP contribution in [0.4, 0.5) is 5.69 Å². The van der Waals surface area contributed by atoms with Crippen LogP contribution in [0.5, 0.6) is 5.75 Å². The number of benzene rings is 2. The summed E-state index contributed by atoms with van der Waals surface area (Å²) in [4.78, 5) is 38.8. The van der Waals surface area contributed by atoms with Gasteiger partial charge in [0.1, 0.15) is 24.1 Å². The van der Waals surface area contributed by atoms with Gasteiger partial charge in [-0.05, 0) is 29.8 Å². The number of carbonyl (C=O) groups is 3. The molecule has 10 nitrogen and oxygen atoms in total. The summed E-state index contributed by atoms with van der Waals surface area (Å²) in [6.45, 7) is -0.0638. The first-order valence-electron chi connectivity index (χ1n) is 9.90. The first kappa shape index (κ1) is 21.1. The van der Waals surface area contributed by atoms with Crippen molar-refractivity contribution in [3.05, 3.63) is 77.1 Å². The molecule has 0 spiro atoms. The van der Waals surface area contributed by atoms with Crippen LogP contribution in [0.25, 0.3) is 0 Å². The lowest BCUT2D eigenvalue weighted by Crippen LogP contribution is -2.49. The number of ether oxygens (including phenoxy) is 1. The van der Waals surface area contributed by atoms with Crippen molar-refractivity contribution in [3.63, 3.8) is 0 Å². The Labute approximate surface area is 183 Å². The largest absolute Gasteiger partial charge is 0.489 e. The number of nitrogens with one attached hydrogen (secondary N) is 3. The third-order valence-electron chi connectivity index (χ3n) is 5.15. The molecule has 0 fully saturated rings. The summed E-state index contributed by atoms with van der Waals surface area (Å²) in [7, 11) is 1.55. The number of anilines is 1. The summed E-state index contributed by atoms with van der Waals surface area (Å²) in [6.07, 6.45) is 0.601. The molecule has 10 heteroatoms. The van der Waals surface area contributed by atoms with Gasteiger partial charge in [0, 0.05) is 24.7 Å². The van der Waals surface area contributed by atoms with Crippen molar-refractivity contribution in [2.45, 2.75) is 12.5 Å². The Morgan fingerprint density at radius 3 is 2.72 bits per heavy atom. The highest BCUT2D eigenvalue weighted by atomic mass is 16.5. The van der Waals surface area contributed by atoms with E-state index < -0.39 is 17.9 Å². The average molecular weight is 434 g/mol. The number of H-pyrrole nitrogens is 1. The second-order valence-corrected chi connectivity index (χ2v) is 7.33. The second-order valence-electron chi connectivity index (χ2n) is 7.33. The van der Waals surface area contributed by atoms with E-state index in [2.05, 4.69) is 15.5 Å². The molecular weight excluding hydrogens is 412 g/mol. The van der Waals surface area contributed by atoms with E-state index in [1.54, 1.807) is 19.2 Å². The monoisotopic (exact) mass is 434 g/mol. The van der Waals surface area contributed by atoms with Crippen molar-refractivity contribution >= 4 is 23.4 Å². The van der Waals surface area contributed by atoms with Gasteiger partial charge in [0.2, 0.25) is 0 Å². The fraction of sp³-hybridized carbons (Fsp3) is 0.182. The molecule has 164 valence electrons. The van der Waals surface area contributed by atoms with Gasteiger partial charge in [0.25, 0.3) is 17.7 Å². The Hall–Kier alpha value is -4.18. The number of hydrogen-bond acceptors (Lipinski definition) is 6. The molecule has 1 aliphatic rings. The molecular formula is C22H22N6O4. The molecule has 0 radical (unpaired) electrons. The zero-order valence-corrected chi connectivity index (χ0v) is 17.3. The Balaban J connectivity index is 1.46. The van der Waals surface area contributed by atoms with E-state index in [0.717, 1.165) is 11.3 Å². The van der Waals surface area contributed by atoms with Gasteiger partial charge in [-0.2, -0.15) is 5.10 Å². The van der Waals surface area contributed by atoms with E-state index >= 15 is 0 Å². The summed E-state index contributed by atoms with van der Waals surface area (Å²) >= 11 is 0. The minimum atomic E-state index is -0.930. The van der Waals surface area contributed by atoms with E-state index in [4.69, 9.17) is 10.6 Å². The molecule has 3 amide bonds. The number of amides is 3. The number of aromatic amines is 1. The summed E-state index contributed by atoms with van der Waals surface area (Å²) in [5.41, 5.74) is 4.76. The molecule has 32 heavy (non-hydrogen) atoms. The number of nitrogen functional groups attached to an aromatic ring is 1. The van der Waals surface area contributed by atoms with E-state index in [-0.39, 0.29) is 23.8 Å². The van der Waals surface area contributed by atoms with Gasteiger partial charge in [-0.1, -0.05) is 30.3 Å². The minimum Gasteiger partial charge on any atom is -0.489 e. The highest BCUT2D eigenvalue weighted by Crippen LogP contribution is 2.31. The highest BCUT2D eigenvalue weighted by molar-refractivity contribution is 6.04. The van der Waals surface area contributed by atoms with Crippen LogP contribution in [0, 0.1) is 0 Å². The SMILES string of the molecule is CN1C(=O)C(NC(=O)c2cc(Cc3ccccc3)[nH]n2)COc2ccc(C(=O)NN)cc21. The fourth-order valence-electron chi connectivity index (χ4n) is 3.44. The first-order chi connectivity index (χ1) is 15.5. The van der Waals surface area contributed by atoms with Crippen molar-refractivity contribution in [1.82, 2.24) is 20.9 Å². The first-order valence-corrected chi connectivity index (χ1v) is 9.90. The van der Waals surface area contributed by atoms with Gasteiger partial charge >= 0.3 is 0 Å². The number of hydrogen-bond donors (Lipinski definition) is 4. The number of nitrogens with zero attached hydrogens (tertiary/aromatic N) is 2. The van der Waals surface area contributed by atoms with E-state index in [1.165, 1.54) is 17.0 Å². The van der Waals surface area contributed by atoms with Crippen LogP contribution in [0.2, 0.25) is 0 Å². The Morgan fingerprint density at radius 1 is 1.19 bits per heavy atom. The van der Waals surface area contributed by atoms with Crippen LogP contribution in [0.15, 0.2) is 54.6 Å². The Kier molecular flexibility index (Phi) is 5.86. The quantitative estimate of drug-likeness (QED) is 0.265. The number of nitrogens with two attached hydrogens (primary N) is 1. The maximum Gasteiger partial charge on any atom is 0.272 e. The summed E-state index contributed by atoms with van der Waals surface area (Å²) < 4.78 is 5.72. The zero-order chi connectivity index (χ0) is 22.7. The van der Waals surface area contributed by atoms with Crippen LogP contribution in [0.1, 0.15) is 32.1 Å². The van der Waals surface area contributed by atoms with Gasteiger partial charge in [-0.15, -0.1) is 0 Å². The zero-order valence-electron chi connectivity index (χ0n) is 17.3. The van der Waals surface area contributed by atoms with Gasteiger partial charge in [-0.3, -0.25) is 24.9 Å². The van der Waals surface area contributed by atoms with Gasteiger partial charge in [0.15, 0.2) is 0 Å². The van der Waals surface area contributed by atoms with Crippen molar-refractivity contribution in [2.24, 2.45) is 5.84 Å². The number of aromatic nitrogens is 2. The summed E-state index contributed by atoms with van der Waals surface area (Å²) in [6, 6.07) is 15.1. The summed E-state index contributed by atoms with van der Waals surface area (Å²) in [5.74, 6) is 4.22. The molecule has 0 aliphatic carbocycles. The summed E-state index contributed by atoms with van der Waals surface area (Å²) in [5, 5.41) is 9.60. The lowest BCUT2D eigenvalue weighted by molar-refractivity contribution is -0.120. The molecule has 5 N–H and O–H groups in total. The molecule has 2 heterocycles. The molecule has 1 aliphatic heterocycles. The maximum absolute atomic E-state index is 12.9. The molecule has 1 unspecified atom stereocenters. The molecule has 0 bridgehead atoms. The van der Waals surface area contributed by atoms with E-state index in [1.807, 2.05) is 35.8 Å². The lowest BCUT2D eigenvalue weighted by Gasteiger charge is -2.20. The van der Waals surface area contributed by atoms with E-state index in [9.17, 15) is 14.4 Å². The van der Waals surface area contributed by atoms with Crippen LogP contribution >= 0.6 is 0 Å². The number of rotatable bonds is 5. The molecule has 0 saturated heterocycles. The van der Waals surface area contributed by atoms with E-state index in [0.29, 0.717) is 17.9 Å². The molecule has 3 aromatic rings. The third kappa shape index (κ3) is 4.30. The number of carbonyl (C=O) groups excluding carboxylic acids is 3. The third-order valence-corrected chi connectivity index (χ3v) is 5.15. The number of likely N-dealkylation sites (N-methyl/N-ethyl adjacent to an activating group) is 1. The smallest absolute Gasteiger partial charge is 0.272 e. The number of fused-ring (bicyclic) bond motifs is 1. The Bertz CT molecular complexity index is 1160. The molecule has 4 rings (SSSR count). The predicted octanol–water partition coefficient (Wildman–Crippen LogP) is 0.758. The lowest BCUT2D eigenvalue weighted by atomic mass is 10.1. The van der Waals surface area contributed by atoms with Crippen LogP contribution in [-0.2, 0) is 11.2 Å². The van der Waals surface area contributed by atoms with Crippen molar-refractivity contribution in [3.8, 4) is 5.75 Å². The fourth-order valence-corrected chi connectivity index (χ4v) is 3.44. The minimum absolute atomic E-state index is 0.0638. The number of hydrazine groups is 1. The maximum atomic E-state index is 12.9. The standard InChI is InChI=1S/C22H22N6O4/c1-28-18-10-14(20(29)25-23)7-8-19(18)32-12-17(22(28)31)24-21(30)16-11-15(26-27-16)9-13-5-3-2-4-6-13/h2-8,10-11,17H,9,12,23H2,1H3,(H,24,30)(H,25,29)(H,26,27). The Morgan fingerprint density at radius 2 is 1.97 bits per heavy atom. The molecule has 1 atom stereocenters. The average Bonchev–Trinajstić information content (AvgIpc) is 3.25. The highest BCUT2D eigenvalue weighted by Gasteiger charge is 2.31. The van der Waals surface area contributed by atoms with Gasteiger partial charge in [0.05, 0.1) is 5.69 Å². The van der Waals surface area contributed by atoms with Gasteiger partial charge < -0.3 is 15.0 Å². The van der Waals surface area contributed by atoms with Gasteiger partial charge in [-0.25, -0.2) is 5.84 Å². The van der Waals surface area contributed by atoms with Crippen molar-refractivity contribution < 1.29 is 19.1 Å². The topological polar surface area (TPSA) is 142 Å². The molecule has 2 aromatic carbocycles.